The third kappa shape index (κ3) is 3.55. The molecule has 0 aliphatic carbocycles. The molecule has 0 spiro atoms. The molecule has 0 radical (unpaired) electrons. The molecule has 2 heterocycles. The number of hydrogen-bond donors (Lipinski definition) is 0. The van der Waals surface area contributed by atoms with Gasteiger partial charge in [-0.2, -0.15) is 8.42 Å². The van der Waals surface area contributed by atoms with Gasteiger partial charge in [0, 0.05) is 0 Å². The van der Waals surface area contributed by atoms with Crippen molar-refractivity contribution < 1.29 is 29.9 Å². The van der Waals surface area contributed by atoms with Crippen molar-refractivity contribution in [2.45, 2.75) is 12.2 Å². The zero-order chi connectivity index (χ0) is 10.7. The lowest BCUT2D eigenvalue weighted by atomic mass is 10.4. The van der Waals surface area contributed by atoms with Crippen molar-refractivity contribution in [3.05, 3.63) is 0 Å². The Morgan fingerprint density at radius 1 is 1.00 bits per heavy atom. The molecule has 7 nitrogen and oxygen atoms in total. The standard InChI is InChI=1S/C6H10O7S2/c7-14-10-3-5(12-14)1-9-2-6-4-11-15(8)13-6/h5-6H,1-4H2. The van der Waals surface area contributed by atoms with Crippen LogP contribution in [0.25, 0.3) is 0 Å². The molecule has 2 aliphatic rings. The summed E-state index contributed by atoms with van der Waals surface area (Å²) < 4.78 is 45.5. The summed E-state index contributed by atoms with van der Waals surface area (Å²) in [4.78, 5) is 0. The topological polar surface area (TPSA) is 80.3 Å². The maximum absolute atomic E-state index is 10.6. The van der Waals surface area contributed by atoms with E-state index in [0.717, 1.165) is 0 Å². The van der Waals surface area contributed by atoms with Gasteiger partial charge in [0.15, 0.2) is 0 Å². The van der Waals surface area contributed by atoms with Gasteiger partial charge in [-0.15, -0.1) is 0 Å². The smallest absolute Gasteiger partial charge is 0.305 e. The van der Waals surface area contributed by atoms with Crippen molar-refractivity contribution in [3.63, 3.8) is 0 Å². The maximum atomic E-state index is 10.6. The average Bonchev–Trinajstić information content (AvgIpc) is 2.76. The predicted molar refractivity (Wildman–Crippen MR) is 48.8 cm³/mol. The second-order valence-electron chi connectivity index (χ2n) is 2.95. The molecule has 9 heteroatoms. The Bertz CT molecular complexity index is 244. The van der Waals surface area contributed by atoms with Crippen LogP contribution < -0.4 is 0 Å². The van der Waals surface area contributed by atoms with Crippen LogP contribution in [0, 0.1) is 0 Å². The van der Waals surface area contributed by atoms with E-state index in [2.05, 4.69) is 8.37 Å². The van der Waals surface area contributed by atoms with Crippen LogP contribution in [-0.2, 0) is 44.2 Å². The fourth-order valence-corrected chi connectivity index (χ4v) is 2.38. The van der Waals surface area contributed by atoms with Crippen molar-refractivity contribution in [2.75, 3.05) is 26.4 Å². The van der Waals surface area contributed by atoms with E-state index in [0.29, 0.717) is 0 Å². The van der Waals surface area contributed by atoms with E-state index in [1.54, 1.807) is 0 Å². The zero-order valence-electron chi connectivity index (χ0n) is 7.66. The molecule has 0 bridgehead atoms. The molecule has 0 aromatic carbocycles. The first-order valence-electron chi connectivity index (χ1n) is 4.26. The maximum Gasteiger partial charge on any atom is 0.305 e. The fourth-order valence-electron chi connectivity index (χ4n) is 1.08. The molecule has 4 unspecified atom stereocenters. The summed E-state index contributed by atoms with van der Waals surface area (Å²) in [5.74, 6) is 0. The first-order valence-corrected chi connectivity index (χ1v) is 6.26. The van der Waals surface area contributed by atoms with Crippen LogP contribution in [-0.4, -0.2) is 47.1 Å². The molecule has 0 amide bonds. The van der Waals surface area contributed by atoms with E-state index < -0.39 is 22.7 Å². The Labute approximate surface area is 91.7 Å². The van der Waals surface area contributed by atoms with Crippen LogP contribution in [0.4, 0.5) is 0 Å². The summed E-state index contributed by atoms with van der Waals surface area (Å²) in [6, 6.07) is 0. The van der Waals surface area contributed by atoms with Crippen LogP contribution in [0.1, 0.15) is 0 Å². The summed E-state index contributed by atoms with van der Waals surface area (Å²) in [6.45, 7) is 1.03. The minimum Gasteiger partial charge on any atom is -0.376 e. The summed E-state index contributed by atoms with van der Waals surface area (Å²) in [5.41, 5.74) is 0. The van der Waals surface area contributed by atoms with Crippen molar-refractivity contribution in [2.24, 2.45) is 0 Å². The second kappa shape index (κ2) is 5.43. The molecule has 2 saturated heterocycles. The van der Waals surface area contributed by atoms with Crippen molar-refractivity contribution in [1.29, 1.82) is 0 Å². The number of ether oxygens (including phenoxy) is 1. The molecule has 88 valence electrons. The van der Waals surface area contributed by atoms with E-state index in [9.17, 15) is 8.42 Å². The first-order chi connectivity index (χ1) is 7.24. The summed E-state index contributed by atoms with van der Waals surface area (Å²) in [6.07, 6.45) is -0.641. The quantitative estimate of drug-likeness (QED) is 0.639. The Morgan fingerprint density at radius 2 is 1.47 bits per heavy atom. The minimum absolute atomic E-state index is 0.251. The van der Waals surface area contributed by atoms with Crippen LogP contribution in [0.3, 0.4) is 0 Å². The third-order valence-electron chi connectivity index (χ3n) is 1.74. The highest BCUT2D eigenvalue weighted by Gasteiger charge is 2.26. The molecule has 2 rings (SSSR count). The van der Waals surface area contributed by atoms with Gasteiger partial charge in [-0.1, -0.05) is 0 Å². The largest absolute Gasteiger partial charge is 0.376 e. The predicted octanol–water partition coefficient (Wildman–Crippen LogP) is -1.01. The van der Waals surface area contributed by atoms with Gasteiger partial charge in [0.05, 0.1) is 26.4 Å². The third-order valence-corrected chi connectivity index (χ3v) is 3.25. The van der Waals surface area contributed by atoms with E-state index in [-0.39, 0.29) is 38.6 Å². The van der Waals surface area contributed by atoms with Crippen molar-refractivity contribution >= 4 is 22.7 Å². The summed E-state index contributed by atoms with van der Waals surface area (Å²) in [7, 11) is 0. The van der Waals surface area contributed by atoms with Gasteiger partial charge in [0.2, 0.25) is 0 Å². The number of rotatable bonds is 4. The van der Waals surface area contributed by atoms with Crippen molar-refractivity contribution in [3.8, 4) is 0 Å². The highest BCUT2D eigenvalue weighted by molar-refractivity contribution is 7.75. The van der Waals surface area contributed by atoms with E-state index in [1.165, 1.54) is 0 Å². The minimum atomic E-state index is -1.65. The Morgan fingerprint density at radius 3 is 1.80 bits per heavy atom. The monoisotopic (exact) mass is 258 g/mol. The fraction of sp³-hybridized carbons (Fsp3) is 1.00. The molecule has 2 fully saturated rings. The van der Waals surface area contributed by atoms with Gasteiger partial charge in [-0.3, -0.25) is 16.7 Å². The van der Waals surface area contributed by atoms with Gasteiger partial charge in [0.1, 0.15) is 12.2 Å². The van der Waals surface area contributed by atoms with Crippen LogP contribution in [0.5, 0.6) is 0 Å². The van der Waals surface area contributed by atoms with E-state index in [4.69, 9.17) is 13.1 Å². The average molecular weight is 258 g/mol. The lowest BCUT2D eigenvalue weighted by Crippen LogP contribution is -2.23. The lowest BCUT2D eigenvalue weighted by molar-refractivity contribution is 0.0216. The SMILES string of the molecule is O=S1OCC(COCC2COS(=O)O2)O1. The Kier molecular flexibility index (Phi) is 4.20. The Balaban J connectivity index is 1.59. The molecule has 0 N–H and O–H groups in total. The van der Waals surface area contributed by atoms with Crippen LogP contribution >= 0.6 is 0 Å². The lowest BCUT2D eigenvalue weighted by Gasteiger charge is -2.09. The normalized spacial score (nSPS) is 41.1. The molecule has 0 saturated carbocycles. The van der Waals surface area contributed by atoms with Gasteiger partial charge < -0.3 is 4.74 Å². The van der Waals surface area contributed by atoms with Gasteiger partial charge >= 0.3 is 22.7 Å². The van der Waals surface area contributed by atoms with Gasteiger partial charge in [0.25, 0.3) is 0 Å². The molecule has 15 heavy (non-hydrogen) atoms. The molecule has 4 atom stereocenters. The van der Waals surface area contributed by atoms with Crippen molar-refractivity contribution in [1.82, 2.24) is 0 Å². The van der Waals surface area contributed by atoms with E-state index >= 15 is 0 Å². The number of hydrogen-bond acceptors (Lipinski definition) is 7. The highest BCUT2D eigenvalue weighted by atomic mass is 32.2. The second-order valence-corrected chi connectivity index (χ2v) is 4.62. The first kappa shape index (κ1) is 11.6. The Hall–Kier alpha value is 0.1000. The van der Waals surface area contributed by atoms with Crippen LogP contribution in [0.15, 0.2) is 0 Å². The molecular weight excluding hydrogens is 248 g/mol. The highest BCUT2D eigenvalue weighted by Crippen LogP contribution is 2.11. The molecular formula is C6H10O7S2. The van der Waals surface area contributed by atoms with Gasteiger partial charge in [-0.05, 0) is 0 Å². The summed E-state index contributed by atoms with van der Waals surface area (Å²) >= 11 is -3.30. The van der Waals surface area contributed by atoms with E-state index in [1.807, 2.05) is 0 Å². The van der Waals surface area contributed by atoms with Crippen LogP contribution in [0.2, 0.25) is 0 Å². The summed E-state index contributed by atoms with van der Waals surface area (Å²) in [5, 5.41) is 0. The molecule has 0 aromatic rings. The zero-order valence-corrected chi connectivity index (χ0v) is 9.29. The molecule has 2 aliphatic heterocycles. The molecule has 0 aromatic heterocycles. The van der Waals surface area contributed by atoms with Gasteiger partial charge in [-0.25, -0.2) is 0 Å².